The van der Waals surface area contributed by atoms with Crippen molar-refractivity contribution in [3.05, 3.63) is 0 Å². The first kappa shape index (κ1) is 11.8. The minimum atomic E-state index is -0.149. The molecule has 12 heavy (non-hydrogen) atoms. The zero-order valence-electron chi connectivity index (χ0n) is 7.97. The third kappa shape index (κ3) is 6.47. The summed E-state index contributed by atoms with van der Waals surface area (Å²) in [5, 5.41) is 0.102. The highest BCUT2D eigenvalue weighted by molar-refractivity contribution is 6.20. The number of carbonyl (C=O) groups excluding carboxylic acids is 1. The minimum absolute atomic E-state index is 0.0205. The van der Waals surface area contributed by atoms with Gasteiger partial charge in [0.15, 0.2) is 0 Å². The summed E-state index contributed by atoms with van der Waals surface area (Å²) >= 11 is 5.84. The number of halogens is 1. The molecule has 0 aromatic rings. The SMILES string of the molecule is CCC(Cl)CCC(=O)OC(C)C. The number of ether oxygens (including phenoxy) is 1. The fraction of sp³-hybridized carbons (Fsp3) is 0.889. The van der Waals surface area contributed by atoms with Crippen molar-refractivity contribution in [2.24, 2.45) is 0 Å². The lowest BCUT2D eigenvalue weighted by atomic mass is 10.2. The van der Waals surface area contributed by atoms with E-state index < -0.39 is 0 Å². The van der Waals surface area contributed by atoms with E-state index in [1.807, 2.05) is 20.8 Å². The maximum Gasteiger partial charge on any atom is 0.306 e. The Morgan fingerprint density at radius 3 is 2.50 bits per heavy atom. The summed E-state index contributed by atoms with van der Waals surface area (Å²) < 4.78 is 4.95. The van der Waals surface area contributed by atoms with Crippen LogP contribution in [0.3, 0.4) is 0 Å². The molecule has 0 saturated heterocycles. The van der Waals surface area contributed by atoms with E-state index in [0.717, 1.165) is 6.42 Å². The fourth-order valence-corrected chi connectivity index (χ4v) is 0.910. The molecule has 1 unspecified atom stereocenters. The Bertz CT molecular complexity index is 134. The van der Waals surface area contributed by atoms with Crippen LogP contribution in [-0.4, -0.2) is 17.5 Å². The molecule has 0 aliphatic heterocycles. The van der Waals surface area contributed by atoms with Crippen LogP contribution >= 0.6 is 11.6 Å². The van der Waals surface area contributed by atoms with Crippen LogP contribution in [0.1, 0.15) is 40.0 Å². The second-order valence-electron chi connectivity index (χ2n) is 3.08. The summed E-state index contributed by atoms with van der Waals surface area (Å²) in [5.74, 6) is -0.149. The van der Waals surface area contributed by atoms with Crippen LogP contribution in [0.5, 0.6) is 0 Å². The number of carbonyl (C=O) groups is 1. The standard InChI is InChI=1S/C9H17ClO2/c1-4-8(10)5-6-9(11)12-7(2)3/h7-8H,4-6H2,1-3H3. The monoisotopic (exact) mass is 192 g/mol. The summed E-state index contributed by atoms with van der Waals surface area (Å²) in [6.07, 6.45) is 2.02. The van der Waals surface area contributed by atoms with Crippen molar-refractivity contribution in [1.82, 2.24) is 0 Å². The van der Waals surface area contributed by atoms with Gasteiger partial charge in [-0.05, 0) is 26.7 Å². The second-order valence-corrected chi connectivity index (χ2v) is 3.70. The van der Waals surface area contributed by atoms with Crippen LogP contribution < -0.4 is 0 Å². The van der Waals surface area contributed by atoms with E-state index in [1.54, 1.807) is 0 Å². The zero-order valence-corrected chi connectivity index (χ0v) is 8.73. The average Bonchev–Trinajstić information content (AvgIpc) is 1.99. The maximum absolute atomic E-state index is 11.0. The predicted octanol–water partition coefficient (Wildman–Crippen LogP) is 2.74. The molecule has 72 valence electrons. The van der Waals surface area contributed by atoms with Crippen LogP contribution in [0.2, 0.25) is 0 Å². The molecular weight excluding hydrogens is 176 g/mol. The lowest BCUT2D eigenvalue weighted by Gasteiger charge is -2.08. The molecule has 0 fully saturated rings. The molecule has 0 aromatic carbocycles. The molecule has 0 spiro atoms. The molecular formula is C9H17ClO2. The smallest absolute Gasteiger partial charge is 0.306 e. The highest BCUT2D eigenvalue weighted by Crippen LogP contribution is 2.09. The minimum Gasteiger partial charge on any atom is -0.463 e. The van der Waals surface area contributed by atoms with Gasteiger partial charge in [-0.2, -0.15) is 0 Å². The van der Waals surface area contributed by atoms with Gasteiger partial charge >= 0.3 is 5.97 Å². The molecule has 1 atom stereocenters. The topological polar surface area (TPSA) is 26.3 Å². The molecule has 0 aromatic heterocycles. The first-order chi connectivity index (χ1) is 5.56. The molecule has 0 bridgehead atoms. The molecule has 0 heterocycles. The van der Waals surface area contributed by atoms with Crippen molar-refractivity contribution in [3.63, 3.8) is 0 Å². The van der Waals surface area contributed by atoms with E-state index in [2.05, 4.69) is 0 Å². The molecule has 0 N–H and O–H groups in total. The summed E-state index contributed by atoms with van der Waals surface area (Å²) in [6, 6.07) is 0. The highest BCUT2D eigenvalue weighted by atomic mass is 35.5. The van der Waals surface area contributed by atoms with E-state index >= 15 is 0 Å². The van der Waals surface area contributed by atoms with Gasteiger partial charge in [0.05, 0.1) is 6.10 Å². The van der Waals surface area contributed by atoms with Crippen molar-refractivity contribution in [2.75, 3.05) is 0 Å². The van der Waals surface area contributed by atoms with Crippen LogP contribution in [0.4, 0.5) is 0 Å². The zero-order chi connectivity index (χ0) is 9.56. The van der Waals surface area contributed by atoms with Crippen molar-refractivity contribution in [3.8, 4) is 0 Å². The van der Waals surface area contributed by atoms with Gasteiger partial charge < -0.3 is 4.74 Å². The summed E-state index contributed by atoms with van der Waals surface area (Å²) in [4.78, 5) is 11.0. The van der Waals surface area contributed by atoms with E-state index in [1.165, 1.54) is 0 Å². The molecule has 0 aliphatic rings. The second kappa shape index (κ2) is 6.30. The van der Waals surface area contributed by atoms with Gasteiger partial charge in [-0.15, -0.1) is 11.6 Å². The maximum atomic E-state index is 11.0. The van der Waals surface area contributed by atoms with Gasteiger partial charge in [-0.3, -0.25) is 4.79 Å². The van der Waals surface area contributed by atoms with Gasteiger partial charge in [0.1, 0.15) is 0 Å². The van der Waals surface area contributed by atoms with Gasteiger partial charge in [-0.25, -0.2) is 0 Å². The molecule has 0 saturated carbocycles. The fourth-order valence-electron chi connectivity index (χ4n) is 0.800. The lowest BCUT2D eigenvalue weighted by Crippen LogP contribution is -2.12. The third-order valence-electron chi connectivity index (χ3n) is 1.47. The van der Waals surface area contributed by atoms with E-state index in [-0.39, 0.29) is 17.5 Å². The van der Waals surface area contributed by atoms with E-state index in [0.29, 0.717) is 12.8 Å². The van der Waals surface area contributed by atoms with Crippen LogP contribution in [0, 0.1) is 0 Å². The first-order valence-electron chi connectivity index (χ1n) is 4.39. The third-order valence-corrected chi connectivity index (χ3v) is 2.00. The summed E-state index contributed by atoms with van der Waals surface area (Å²) in [7, 11) is 0. The quantitative estimate of drug-likeness (QED) is 0.495. The average molecular weight is 193 g/mol. The molecule has 0 rings (SSSR count). The first-order valence-corrected chi connectivity index (χ1v) is 4.83. The normalized spacial score (nSPS) is 13.1. The number of hydrogen-bond acceptors (Lipinski definition) is 2. The molecule has 0 radical (unpaired) electrons. The molecule has 2 nitrogen and oxygen atoms in total. The number of esters is 1. The largest absolute Gasteiger partial charge is 0.463 e. The number of hydrogen-bond donors (Lipinski definition) is 0. The number of rotatable bonds is 5. The van der Waals surface area contributed by atoms with E-state index in [9.17, 15) is 4.79 Å². The Kier molecular flexibility index (Phi) is 6.17. The van der Waals surface area contributed by atoms with Crippen LogP contribution in [0.25, 0.3) is 0 Å². The molecule has 0 amide bonds. The summed E-state index contributed by atoms with van der Waals surface area (Å²) in [6.45, 7) is 5.69. The van der Waals surface area contributed by atoms with Crippen molar-refractivity contribution in [2.45, 2.75) is 51.5 Å². The lowest BCUT2D eigenvalue weighted by molar-refractivity contribution is -0.147. The Hall–Kier alpha value is -0.240. The van der Waals surface area contributed by atoms with Crippen LogP contribution in [0.15, 0.2) is 0 Å². The van der Waals surface area contributed by atoms with E-state index in [4.69, 9.17) is 16.3 Å². The van der Waals surface area contributed by atoms with Crippen LogP contribution in [-0.2, 0) is 9.53 Å². The van der Waals surface area contributed by atoms with Gasteiger partial charge in [0.25, 0.3) is 0 Å². The molecule has 0 aliphatic carbocycles. The van der Waals surface area contributed by atoms with Gasteiger partial charge in [-0.1, -0.05) is 6.92 Å². The van der Waals surface area contributed by atoms with Crippen molar-refractivity contribution in [1.29, 1.82) is 0 Å². The Labute approximate surface area is 79.2 Å². The Morgan fingerprint density at radius 2 is 2.08 bits per heavy atom. The highest BCUT2D eigenvalue weighted by Gasteiger charge is 2.08. The Morgan fingerprint density at radius 1 is 1.50 bits per heavy atom. The van der Waals surface area contributed by atoms with Gasteiger partial charge in [0, 0.05) is 11.8 Å². The summed E-state index contributed by atoms with van der Waals surface area (Å²) in [5.41, 5.74) is 0. The van der Waals surface area contributed by atoms with Crippen molar-refractivity contribution < 1.29 is 9.53 Å². The van der Waals surface area contributed by atoms with Gasteiger partial charge in [0.2, 0.25) is 0 Å². The molecule has 3 heteroatoms. The number of alkyl halides is 1. The Balaban J connectivity index is 3.44. The van der Waals surface area contributed by atoms with Crippen molar-refractivity contribution >= 4 is 17.6 Å². The predicted molar refractivity (Wildman–Crippen MR) is 50.4 cm³/mol.